The largest absolute Gasteiger partial charge is 0.480 e. The van der Waals surface area contributed by atoms with Gasteiger partial charge in [-0.1, -0.05) is 71.6 Å². The minimum absolute atomic E-state index is 0.149. The molecule has 0 aromatic rings. The van der Waals surface area contributed by atoms with Crippen LogP contribution in [0.4, 0.5) is 0 Å². The van der Waals surface area contributed by atoms with E-state index in [1.165, 1.54) is 38.5 Å². The smallest absolute Gasteiger partial charge is 0.472 e. The molecule has 35 heavy (non-hydrogen) atoms. The molecule has 0 aliphatic carbocycles. The summed E-state index contributed by atoms with van der Waals surface area (Å²) in [6.07, 6.45) is 10.6. The number of ether oxygens (including phenoxy) is 1. The molecular weight excluding hydrogens is 481 g/mol. The van der Waals surface area contributed by atoms with Crippen LogP contribution in [0.25, 0.3) is 0 Å². The van der Waals surface area contributed by atoms with Crippen molar-refractivity contribution < 1.29 is 47.8 Å². The number of carboxylic acid groups (broad SMARTS) is 1. The first kappa shape index (κ1) is 33.5. The van der Waals surface area contributed by atoms with Crippen molar-refractivity contribution in [2.24, 2.45) is 0 Å². The lowest BCUT2D eigenvalue weighted by molar-refractivity contribution is -0.147. The zero-order chi connectivity index (χ0) is 26.5. The Hall–Kier alpha value is -1.52. The van der Waals surface area contributed by atoms with Crippen LogP contribution in [0.3, 0.4) is 0 Å². The average Bonchev–Trinajstić information content (AvgIpc) is 2.80. The first-order valence-corrected chi connectivity index (χ1v) is 14.1. The highest BCUT2D eigenvalue weighted by molar-refractivity contribution is 7.47. The number of unbranched alkanes of at least 4 members (excludes halogenated alkanes) is 9. The summed E-state index contributed by atoms with van der Waals surface area (Å²) in [6.45, 7) is 2.08. The van der Waals surface area contributed by atoms with Gasteiger partial charge < -0.3 is 25.2 Å². The number of esters is 1. The molecule has 3 atom stereocenters. The number of hydrogen-bond donors (Lipinski definition) is 4. The van der Waals surface area contributed by atoms with E-state index in [2.05, 4.69) is 21.3 Å². The average molecular weight is 526 g/mol. The summed E-state index contributed by atoms with van der Waals surface area (Å²) in [4.78, 5) is 44.3. The first-order chi connectivity index (χ1) is 16.6. The van der Waals surface area contributed by atoms with Crippen LogP contribution in [0.1, 0.15) is 97.3 Å². The number of carbonyl (C=O) groups is 3. The van der Waals surface area contributed by atoms with Crippen molar-refractivity contribution in [2.45, 2.75) is 109 Å². The predicted octanol–water partition coefficient (Wildman–Crippen LogP) is 3.70. The number of phosphoric acid groups is 1. The summed E-state index contributed by atoms with van der Waals surface area (Å²) >= 11 is 0. The third kappa shape index (κ3) is 20.4. The fourth-order valence-electron chi connectivity index (χ4n) is 3.11. The third-order valence-corrected chi connectivity index (χ3v) is 6.07. The van der Waals surface area contributed by atoms with Crippen molar-refractivity contribution >= 4 is 25.7 Å². The first-order valence-electron chi connectivity index (χ1n) is 12.6. The molecular formula is C23H44NO10P. The van der Waals surface area contributed by atoms with Crippen LogP contribution >= 0.6 is 7.82 Å². The molecule has 12 heteroatoms. The molecule has 11 nitrogen and oxygen atoms in total. The van der Waals surface area contributed by atoms with E-state index >= 15 is 0 Å². The van der Waals surface area contributed by atoms with Crippen molar-refractivity contribution in [3.05, 3.63) is 0 Å². The van der Waals surface area contributed by atoms with E-state index in [0.717, 1.165) is 19.3 Å². The van der Waals surface area contributed by atoms with Crippen LogP contribution in [0.5, 0.6) is 0 Å². The number of carboxylic acids is 1. The Kier molecular flexibility index (Phi) is 19.8. The second kappa shape index (κ2) is 20.7. The van der Waals surface area contributed by atoms with E-state index in [4.69, 9.17) is 4.74 Å². The summed E-state index contributed by atoms with van der Waals surface area (Å²) in [5.74, 6) is -2.43. The molecule has 0 aliphatic rings. The Morgan fingerprint density at radius 2 is 1.34 bits per heavy atom. The third-order valence-electron chi connectivity index (χ3n) is 5.12. The molecule has 4 N–H and O–H groups in total. The number of aliphatic hydroxyl groups excluding tert-OH is 1. The molecule has 0 aromatic heterocycles. The van der Waals surface area contributed by atoms with E-state index in [0.29, 0.717) is 12.8 Å². The van der Waals surface area contributed by atoms with Gasteiger partial charge in [-0.2, -0.15) is 0 Å². The van der Waals surface area contributed by atoms with E-state index in [1.807, 2.05) is 0 Å². The lowest BCUT2D eigenvalue weighted by atomic mass is 10.1. The molecule has 0 fully saturated rings. The van der Waals surface area contributed by atoms with Gasteiger partial charge in [-0.25, -0.2) is 9.36 Å². The van der Waals surface area contributed by atoms with Crippen LogP contribution in [0.2, 0.25) is 0 Å². The van der Waals surface area contributed by atoms with Crippen LogP contribution in [0, 0.1) is 0 Å². The SMILES string of the molecule is CCCCCCCCCCCCC(=O)NC(COP(=O)(O)OCC(O)COC(=O)CCC)C(=O)O. The van der Waals surface area contributed by atoms with E-state index in [9.17, 15) is 34.1 Å². The van der Waals surface area contributed by atoms with Crippen LogP contribution in [0.15, 0.2) is 0 Å². The maximum Gasteiger partial charge on any atom is 0.472 e. The van der Waals surface area contributed by atoms with Crippen molar-refractivity contribution in [3.63, 3.8) is 0 Å². The maximum absolute atomic E-state index is 12.0. The minimum atomic E-state index is -4.70. The lowest BCUT2D eigenvalue weighted by Gasteiger charge is -2.18. The number of carbonyl (C=O) groups excluding carboxylic acids is 2. The summed E-state index contributed by atoms with van der Waals surface area (Å²) in [5.41, 5.74) is 0. The number of phosphoric ester groups is 1. The van der Waals surface area contributed by atoms with Crippen LogP contribution in [-0.4, -0.2) is 64.9 Å². The molecule has 3 unspecified atom stereocenters. The monoisotopic (exact) mass is 525 g/mol. The Bertz CT molecular complexity index is 646. The molecule has 1 amide bonds. The van der Waals surface area contributed by atoms with Crippen LogP contribution < -0.4 is 5.32 Å². The minimum Gasteiger partial charge on any atom is -0.480 e. The van der Waals surface area contributed by atoms with E-state index in [-0.39, 0.29) is 12.8 Å². The zero-order valence-electron chi connectivity index (χ0n) is 21.1. The summed E-state index contributed by atoms with van der Waals surface area (Å²) in [5, 5.41) is 21.2. The summed E-state index contributed by atoms with van der Waals surface area (Å²) in [6, 6.07) is -1.53. The molecule has 206 valence electrons. The van der Waals surface area contributed by atoms with Crippen molar-refractivity contribution in [1.29, 1.82) is 0 Å². The molecule has 0 bridgehead atoms. The summed E-state index contributed by atoms with van der Waals surface area (Å²) < 4.78 is 25.9. The Morgan fingerprint density at radius 3 is 1.89 bits per heavy atom. The topological polar surface area (TPSA) is 169 Å². The van der Waals surface area contributed by atoms with Crippen LogP contribution in [-0.2, 0) is 32.7 Å². The van der Waals surface area contributed by atoms with Crippen molar-refractivity contribution in [2.75, 3.05) is 19.8 Å². The summed E-state index contributed by atoms with van der Waals surface area (Å²) in [7, 11) is -4.70. The Morgan fingerprint density at radius 1 is 0.800 bits per heavy atom. The normalized spacial score (nSPS) is 14.6. The van der Waals surface area contributed by atoms with Gasteiger partial charge in [0, 0.05) is 12.8 Å². The van der Waals surface area contributed by atoms with Gasteiger partial charge in [-0.3, -0.25) is 18.6 Å². The second-order valence-corrected chi connectivity index (χ2v) is 9.99. The van der Waals surface area contributed by atoms with Gasteiger partial charge >= 0.3 is 19.8 Å². The van der Waals surface area contributed by atoms with Gasteiger partial charge in [-0.05, 0) is 12.8 Å². The molecule has 0 aromatic carbocycles. The molecule has 0 saturated heterocycles. The number of hydrogen-bond acceptors (Lipinski definition) is 8. The fourth-order valence-corrected chi connectivity index (χ4v) is 3.89. The number of nitrogens with one attached hydrogen (secondary N) is 1. The highest BCUT2D eigenvalue weighted by Crippen LogP contribution is 2.43. The van der Waals surface area contributed by atoms with Gasteiger partial charge in [0.15, 0.2) is 6.04 Å². The fraction of sp³-hybridized carbons (Fsp3) is 0.870. The van der Waals surface area contributed by atoms with Crippen molar-refractivity contribution in [1.82, 2.24) is 5.32 Å². The van der Waals surface area contributed by atoms with Gasteiger partial charge in [-0.15, -0.1) is 0 Å². The molecule has 0 heterocycles. The molecule has 0 rings (SSSR count). The molecule has 0 spiro atoms. The number of amides is 1. The Labute approximate surface area is 208 Å². The predicted molar refractivity (Wildman–Crippen MR) is 130 cm³/mol. The lowest BCUT2D eigenvalue weighted by Crippen LogP contribution is -2.43. The quantitative estimate of drug-likeness (QED) is 0.0876. The highest BCUT2D eigenvalue weighted by Gasteiger charge is 2.28. The molecule has 0 aliphatic heterocycles. The second-order valence-electron chi connectivity index (χ2n) is 8.54. The maximum atomic E-state index is 12.0. The van der Waals surface area contributed by atoms with E-state index in [1.54, 1.807) is 6.92 Å². The molecule has 0 saturated carbocycles. The van der Waals surface area contributed by atoms with Gasteiger partial charge in [0.2, 0.25) is 5.91 Å². The highest BCUT2D eigenvalue weighted by atomic mass is 31.2. The molecule has 0 radical (unpaired) electrons. The number of aliphatic hydroxyl groups is 1. The number of aliphatic carboxylic acids is 1. The standard InChI is InChI=1S/C23H44NO10P/c1-3-5-6-7-8-9-10-11-12-13-15-21(26)24-20(23(28)29)18-34-35(30,31)33-17-19(25)16-32-22(27)14-4-2/h19-20,25H,3-18H2,1-2H3,(H,24,26)(H,28,29)(H,30,31). The Balaban J connectivity index is 4.12. The zero-order valence-corrected chi connectivity index (χ0v) is 22.0. The van der Waals surface area contributed by atoms with Crippen molar-refractivity contribution in [3.8, 4) is 0 Å². The van der Waals surface area contributed by atoms with Gasteiger partial charge in [0.1, 0.15) is 12.7 Å². The van der Waals surface area contributed by atoms with Gasteiger partial charge in [0.05, 0.1) is 13.2 Å². The number of rotatable bonds is 23. The van der Waals surface area contributed by atoms with E-state index < -0.39 is 57.6 Å². The van der Waals surface area contributed by atoms with Gasteiger partial charge in [0.25, 0.3) is 0 Å².